The zero-order valence-electron chi connectivity index (χ0n) is 21.7. The SMILES string of the molecule is O=C(Nc1ccc(C#Cc2ccc(NC(=O)[C@@H]3CCCN3C(=O)OCc3ccccc3)cc2)cc1)C1CCC1. The van der Waals surface area contributed by atoms with Gasteiger partial charge in [0.25, 0.3) is 0 Å². The predicted octanol–water partition coefficient (Wildman–Crippen LogP) is 5.56. The summed E-state index contributed by atoms with van der Waals surface area (Å²) in [5.74, 6) is 6.26. The molecule has 3 aromatic rings. The summed E-state index contributed by atoms with van der Waals surface area (Å²) in [4.78, 5) is 39.1. The van der Waals surface area contributed by atoms with E-state index in [1.807, 2.05) is 66.7 Å². The standard InChI is InChI=1S/C32H31N3O4/c36-30(26-8-4-9-26)33-27-17-13-23(14-18-27)11-12-24-15-19-28(20-16-24)34-31(37)29-10-5-21-35(29)32(38)39-22-25-6-2-1-3-7-25/h1-3,6-7,13-20,26,29H,4-5,8-10,21-22H2,(H,33,36)(H,34,37)/t29-/m0/s1. The minimum atomic E-state index is -0.561. The number of hydrogen-bond acceptors (Lipinski definition) is 4. The summed E-state index contributed by atoms with van der Waals surface area (Å²) in [5.41, 5.74) is 3.97. The van der Waals surface area contributed by atoms with Gasteiger partial charge >= 0.3 is 6.09 Å². The van der Waals surface area contributed by atoms with E-state index in [0.29, 0.717) is 18.7 Å². The van der Waals surface area contributed by atoms with Gasteiger partial charge in [0.05, 0.1) is 0 Å². The van der Waals surface area contributed by atoms with Crippen LogP contribution in [0.4, 0.5) is 16.2 Å². The number of anilines is 2. The van der Waals surface area contributed by atoms with E-state index < -0.39 is 12.1 Å². The number of carbonyl (C=O) groups excluding carboxylic acids is 3. The summed E-state index contributed by atoms with van der Waals surface area (Å²) < 4.78 is 5.43. The van der Waals surface area contributed by atoms with Gasteiger partial charge in [-0.25, -0.2) is 4.79 Å². The Labute approximate surface area is 228 Å². The number of carbonyl (C=O) groups is 3. The molecule has 3 amide bonds. The molecule has 0 bridgehead atoms. The molecule has 1 saturated carbocycles. The van der Waals surface area contributed by atoms with Gasteiger partial charge in [0, 0.05) is 35.0 Å². The number of benzene rings is 3. The van der Waals surface area contributed by atoms with Crippen molar-refractivity contribution in [3.05, 3.63) is 95.6 Å². The molecule has 0 spiro atoms. The molecule has 1 saturated heterocycles. The van der Waals surface area contributed by atoms with Crippen LogP contribution in [0.5, 0.6) is 0 Å². The van der Waals surface area contributed by atoms with Gasteiger partial charge < -0.3 is 15.4 Å². The number of likely N-dealkylation sites (tertiary alicyclic amines) is 1. The first kappa shape index (κ1) is 26.1. The fourth-order valence-corrected chi connectivity index (χ4v) is 4.62. The van der Waals surface area contributed by atoms with Crippen LogP contribution in [-0.2, 0) is 20.9 Å². The monoisotopic (exact) mass is 521 g/mol. The van der Waals surface area contributed by atoms with E-state index in [-0.39, 0.29) is 24.3 Å². The molecule has 7 nitrogen and oxygen atoms in total. The van der Waals surface area contributed by atoms with Gasteiger partial charge in [0.1, 0.15) is 12.6 Å². The summed E-state index contributed by atoms with van der Waals surface area (Å²) >= 11 is 0. The lowest BCUT2D eigenvalue weighted by Crippen LogP contribution is -2.43. The summed E-state index contributed by atoms with van der Waals surface area (Å²) in [6.45, 7) is 0.669. The molecule has 1 aliphatic carbocycles. The van der Waals surface area contributed by atoms with Gasteiger partial charge in [0.2, 0.25) is 11.8 Å². The van der Waals surface area contributed by atoms with Crippen LogP contribution in [0.2, 0.25) is 0 Å². The minimum absolute atomic E-state index is 0.0934. The summed E-state index contributed by atoms with van der Waals surface area (Å²) in [6.07, 6.45) is 3.95. The number of amides is 3. The Balaban J connectivity index is 1.12. The van der Waals surface area contributed by atoms with Gasteiger partial charge in [-0.1, -0.05) is 48.6 Å². The third-order valence-corrected chi connectivity index (χ3v) is 7.13. The van der Waals surface area contributed by atoms with Crippen LogP contribution >= 0.6 is 0 Å². The van der Waals surface area contributed by atoms with Gasteiger partial charge in [-0.05, 0) is 79.8 Å². The van der Waals surface area contributed by atoms with Crippen molar-refractivity contribution < 1.29 is 19.1 Å². The average molecular weight is 522 g/mol. The summed E-state index contributed by atoms with van der Waals surface area (Å²) in [5, 5.41) is 5.87. The highest BCUT2D eigenvalue weighted by Crippen LogP contribution is 2.27. The normalized spacial score (nSPS) is 16.4. The Morgan fingerprint density at radius 2 is 1.33 bits per heavy atom. The number of ether oxygens (including phenoxy) is 1. The Bertz CT molecular complexity index is 1370. The summed E-state index contributed by atoms with van der Waals surface area (Å²) in [7, 11) is 0. The number of hydrogen-bond donors (Lipinski definition) is 2. The first-order valence-electron chi connectivity index (χ1n) is 13.4. The molecule has 0 unspecified atom stereocenters. The maximum absolute atomic E-state index is 12.9. The second-order valence-corrected chi connectivity index (χ2v) is 9.90. The molecule has 1 heterocycles. The van der Waals surface area contributed by atoms with Crippen molar-refractivity contribution in [2.45, 2.75) is 44.8 Å². The highest BCUT2D eigenvalue weighted by Gasteiger charge is 2.35. The lowest BCUT2D eigenvalue weighted by molar-refractivity contribution is -0.122. The quantitative estimate of drug-likeness (QED) is 0.416. The minimum Gasteiger partial charge on any atom is -0.445 e. The second-order valence-electron chi connectivity index (χ2n) is 9.90. The molecule has 1 atom stereocenters. The number of nitrogens with one attached hydrogen (secondary N) is 2. The first-order valence-corrected chi connectivity index (χ1v) is 13.4. The van der Waals surface area contributed by atoms with Crippen molar-refractivity contribution >= 4 is 29.3 Å². The van der Waals surface area contributed by atoms with Crippen LogP contribution in [-0.4, -0.2) is 35.4 Å². The van der Waals surface area contributed by atoms with Crippen molar-refractivity contribution in [3.63, 3.8) is 0 Å². The maximum Gasteiger partial charge on any atom is 0.410 e. The molecular formula is C32H31N3O4. The zero-order chi connectivity index (χ0) is 27.0. The smallest absolute Gasteiger partial charge is 0.410 e. The van der Waals surface area contributed by atoms with Crippen molar-refractivity contribution in [1.29, 1.82) is 0 Å². The van der Waals surface area contributed by atoms with Crippen LogP contribution < -0.4 is 10.6 Å². The van der Waals surface area contributed by atoms with Crippen LogP contribution in [0.1, 0.15) is 48.8 Å². The Morgan fingerprint density at radius 1 is 0.744 bits per heavy atom. The molecule has 39 heavy (non-hydrogen) atoms. The third-order valence-electron chi connectivity index (χ3n) is 7.13. The second kappa shape index (κ2) is 12.3. The topological polar surface area (TPSA) is 87.7 Å². The summed E-state index contributed by atoms with van der Waals surface area (Å²) in [6, 6.07) is 23.7. The lowest BCUT2D eigenvalue weighted by atomic mass is 9.85. The van der Waals surface area contributed by atoms with Gasteiger partial charge in [-0.15, -0.1) is 0 Å². The van der Waals surface area contributed by atoms with Gasteiger partial charge in [-0.3, -0.25) is 14.5 Å². The van der Waals surface area contributed by atoms with E-state index in [9.17, 15) is 14.4 Å². The fourth-order valence-electron chi connectivity index (χ4n) is 4.62. The molecular weight excluding hydrogens is 490 g/mol. The van der Waals surface area contributed by atoms with Crippen molar-refractivity contribution in [3.8, 4) is 11.8 Å². The zero-order valence-corrected chi connectivity index (χ0v) is 21.7. The lowest BCUT2D eigenvalue weighted by Gasteiger charge is -2.24. The van der Waals surface area contributed by atoms with Gasteiger partial charge in [-0.2, -0.15) is 0 Å². The van der Waals surface area contributed by atoms with E-state index in [1.54, 1.807) is 12.1 Å². The molecule has 0 radical (unpaired) electrons. The van der Waals surface area contributed by atoms with Crippen LogP contribution in [0.3, 0.4) is 0 Å². The maximum atomic E-state index is 12.9. The van der Waals surface area contributed by atoms with E-state index in [2.05, 4.69) is 22.5 Å². The molecule has 3 aromatic carbocycles. The van der Waals surface area contributed by atoms with E-state index >= 15 is 0 Å². The highest BCUT2D eigenvalue weighted by molar-refractivity contribution is 5.97. The first-order chi connectivity index (χ1) is 19.0. The largest absolute Gasteiger partial charge is 0.445 e. The fraction of sp³-hybridized carbons (Fsp3) is 0.281. The Kier molecular flexibility index (Phi) is 8.23. The molecule has 7 heteroatoms. The van der Waals surface area contributed by atoms with Crippen molar-refractivity contribution in [1.82, 2.24) is 4.90 Å². The highest BCUT2D eigenvalue weighted by atomic mass is 16.6. The molecule has 198 valence electrons. The number of nitrogens with zero attached hydrogens (tertiary/aromatic N) is 1. The van der Waals surface area contributed by atoms with Gasteiger partial charge in [0.15, 0.2) is 0 Å². The van der Waals surface area contributed by atoms with E-state index in [1.165, 1.54) is 4.90 Å². The Morgan fingerprint density at radius 3 is 1.90 bits per heavy atom. The van der Waals surface area contributed by atoms with Crippen LogP contribution in [0, 0.1) is 17.8 Å². The number of rotatable bonds is 6. The molecule has 0 aromatic heterocycles. The average Bonchev–Trinajstić information content (AvgIpc) is 3.42. The van der Waals surface area contributed by atoms with Crippen molar-refractivity contribution in [2.24, 2.45) is 5.92 Å². The molecule has 2 N–H and O–H groups in total. The van der Waals surface area contributed by atoms with Crippen LogP contribution in [0.15, 0.2) is 78.9 Å². The predicted molar refractivity (Wildman–Crippen MR) is 150 cm³/mol. The van der Waals surface area contributed by atoms with E-state index in [0.717, 1.165) is 48.1 Å². The molecule has 2 aliphatic rings. The Hall–Kier alpha value is -4.57. The van der Waals surface area contributed by atoms with Crippen molar-refractivity contribution in [2.75, 3.05) is 17.2 Å². The van der Waals surface area contributed by atoms with Crippen LogP contribution in [0.25, 0.3) is 0 Å². The molecule has 1 aliphatic heterocycles. The van der Waals surface area contributed by atoms with E-state index in [4.69, 9.17) is 4.74 Å². The molecule has 2 fully saturated rings. The molecule has 5 rings (SSSR count). The third kappa shape index (κ3) is 6.85.